The third-order valence-electron chi connectivity index (χ3n) is 4.89. The molecule has 0 spiro atoms. The Morgan fingerprint density at radius 2 is 2.22 bits per heavy atom. The first-order valence-corrected chi connectivity index (χ1v) is 9.34. The average Bonchev–Trinajstić information content (AvgIpc) is 3.27. The topological polar surface area (TPSA) is 83.0 Å². The van der Waals surface area contributed by atoms with Crippen molar-refractivity contribution in [2.24, 2.45) is 0 Å². The maximum Gasteiger partial charge on any atom is 0.289 e. The second-order valence-corrected chi connectivity index (χ2v) is 6.97. The average molecular weight is 386 g/mol. The minimum atomic E-state index is -0.273. The number of hydrogen-bond donors (Lipinski definition) is 2. The second kappa shape index (κ2) is 7.08. The van der Waals surface area contributed by atoms with E-state index in [-0.39, 0.29) is 17.5 Å². The first-order valence-electron chi connectivity index (χ1n) is 8.97. The fraction of sp³-hybridized carbons (Fsp3) is 0.316. The van der Waals surface area contributed by atoms with Gasteiger partial charge in [0.15, 0.2) is 5.82 Å². The van der Waals surface area contributed by atoms with Crippen molar-refractivity contribution in [3.8, 4) is 0 Å². The molecule has 0 aliphatic carbocycles. The van der Waals surface area contributed by atoms with Crippen LogP contribution >= 0.6 is 11.6 Å². The van der Waals surface area contributed by atoms with E-state index in [1.165, 1.54) is 0 Å². The summed E-state index contributed by atoms with van der Waals surface area (Å²) in [4.78, 5) is 33.9. The number of amides is 2. The molecule has 0 atom stereocenters. The molecule has 3 heterocycles. The van der Waals surface area contributed by atoms with Crippen molar-refractivity contribution in [2.75, 3.05) is 19.6 Å². The van der Waals surface area contributed by atoms with Crippen LogP contribution in [0.25, 0.3) is 10.9 Å². The predicted octanol–water partition coefficient (Wildman–Crippen LogP) is 2.47. The van der Waals surface area contributed by atoms with Gasteiger partial charge in [-0.15, -0.1) is 0 Å². The summed E-state index contributed by atoms with van der Waals surface area (Å²) < 4.78 is 1.76. The van der Waals surface area contributed by atoms with Crippen LogP contribution < -0.4 is 5.32 Å². The van der Waals surface area contributed by atoms with E-state index in [1.54, 1.807) is 15.7 Å². The van der Waals surface area contributed by atoms with Crippen LogP contribution in [0.4, 0.5) is 0 Å². The highest BCUT2D eigenvalue weighted by molar-refractivity contribution is 6.31. The molecule has 1 aliphatic heterocycles. The van der Waals surface area contributed by atoms with E-state index < -0.39 is 0 Å². The van der Waals surface area contributed by atoms with E-state index in [2.05, 4.69) is 15.3 Å². The summed E-state index contributed by atoms with van der Waals surface area (Å²) in [6.45, 7) is 4.34. The van der Waals surface area contributed by atoms with Crippen LogP contribution in [0.2, 0.25) is 5.02 Å². The Balaban J connectivity index is 1.41. The standard InChI is InChI=1S/C19H20ClN5O2/c1-2-24-7-8-25-11-16(23-17(25)19(24)27)18(26)21-6-5-12-10-22-15-4-3-13(20)9-14(12)15/h3-4,9-11,22H,2,5-8H2,1H3,(H,21,26). The fourth-order valence-electron chi connectivity index (χ4n) is 3.40. The molecule has 8 heteroatoms. The van der Waals surface area contributed by atoms with Gasteiger partial charge >= 0.3 is 0 Å². The maximum atomic E-state index is 12.4. The molecule has 2 N–H and O–H groups in total. The Hall–Kier alpha value is -2.80. The van der Waals surface area contributed by atoms with E-state index >= 15 is 0 Å². The lowest BCUT2D eigenvalue weighted by Gasteiger charge is -2.25. The number of nitrogens with one attached hydrogen (secondary N) is 2. The molecule has 0 unspecified atom stereocenters. The summed E-state index contributed by atoms with van der Waals surface area (Å²) in [7, 11) is 0. The molecule has 140 valence electrons. The fourth-order valence-corrected chi connectivity index (χ4v) is 3.57. The van der Waals surface area contributed by atoms with Crippen molar-refractivity contribution < 1.29 is 9.59 Å². The SMILES string of the molecule is CCN1CCn2cc(C(=O)NCCc3c[nH]c4ccc(Cl)cc34)nc2C1=O. The van der Waals surface area contributed by atoms with Crippen LogP contribution in [0.5, 0.6) is 0 Å². The Kier molecular flexibility index (Phi) is 4.61. The van der Waals surface area contributed by atoms with Gasteiger partial charge in [-0.05, 0) is 37.1 Å². The van der Waals surface area contributed by atoms with Gasteiger partial charge < -0.3 is 19.8 Å². The Morgan fingerprint density at radius 1 is 1.37 bits per heavy atom. The van der Waals surface area contributed by atoms with Crippen LogP contribution in [0, 0.1) is 0 Å². The number of halogens is 1. The van der Waals surface area contributed by atoms with Crippen molar-refractivity contribution in [1.29, 1.82) is 0 Å². The highest BCUT2D eigenvalue weighted by atomic mass is 35.5. The van der Waals surface area contributed by atoms with Crippen molar-refractivity contribution in [3.63, 3.8) is 0 Å². The number of rotatable bonds is 5. The number of fused-ring (bicyclic) bond motifs is 2. The molecular weight excluding hydrogens is 366 g/mol. The summed E-state index contributed by atoms with van der Waals surface area (Å²) in [5.41, 5.74) is 2.38. The molecular formula is C19H20ClN5O2. The number of benzene rings is 1. The molecule has 0 saturated carbocycles. The minimum absolute atomic E-state index is 0.126. The number of carbonyl (C=O) groups is 2. The van der Waals surface area contributed by atoms with E-state index in [1.807, 2.05) is 31.3 Å². The molecule has 1 aliphatic rings. The maximum absolute atomic E-state index is 12.4. The predicted molar refractivity (Wildman–Crippen MR) is 103 cm³/mol. The van der Waals surface area contributed by atoms with Crippen molar-refractivity contribution >= 4 is 34.3 Å². The van der Waals surface area contributed by atoms with Gasteiger partial charge in [0.25, 0.3) is 11.8 Å². The van der Waals surface area contributed by atoms with Crippen molar-refractivity contribution in [1.82, 2.24) is 24.8 Å². The summed E-state index contributed by atoms with van der Waals surface area (Å²) in [6, 6.07) is 5.69. The highest BCUT2D eigenvalue weighted by Crippen LogP contribution is 2.22. The normalized spacial score (nSPS) is 13.9. The van der Waals surface area contributed by atoms with Crippen LogP contribution in [0.3, 0.4) is 0 Å². The third kappa shape index (κ3) is 3.30. The quantitative estimate of drug-likeness (QED) is 0.707. The number of hydrogen-bond acceptors (Lipinski definition) is 3. The first-order chi connectivity index (χ1) is 13.1. The highest BCUT2D eigenvalue weighted by Gasteiger charge is 2.27. The summed E-state index contributed by atoms with van der Waals surface area (Å²) in [5, 5.41) is 4.62. The first kappa shape index (κ1) is 17.6. The molecule has 0 radical (unpaired) electrons. The monoisotopic (exact) mass is 385 g/mol. The lowest BCUT2D eigenvalue weighted by molar-refractivity contribution is 0.0707. The van der Waals surface area contributed by atoms with E-state index in [0.29, 0.717) is 43.4 Å². The number of H-pyrrole nitrogens is 1. The third-order valence-corrected chi connectivity index (χ3v) is 5.12. The number of aromatic nitrogens is 3. The molecule has 2 aromatic heterocycles. The number of aromatic amines is 1. The summed E-state index contributed by atoms with van der Waals surface area (Å²) >= 11 is 6.07. The molecule has 1 aromatic carbocycles. The van der Waals surface area contributed by atoms with Gasteiger partial charge in [-0.3, -0.25) is 9.59 Å². The van der Waals surface area contributed by atoms with Crippen molar-refractivity contribution in [2.45, 2.75) is 19.9 Å². The van der Waals surface area contributed by atoms with Gasteiger partial charge in [0.1, 0.15) is 5.69 Å². The van der Waals surface area contributed by atoms with Crippen molar-refractivity contribution in [3.05, 3.63) is 52.7 Å². The van der Waals surface area contributed by atoms with E-state index in [0.717, 1.165) is 16.5 Å². The molecule has 0 saturated heterocycles. The second-order valence-electron chi connectivity index (χ2n) is 6.54. The number of nitrogens with zero attached hydrogens (tertiary/aromatic N) is 3. The number of imidazole rings is 1. The summed E-state index contributed by atoms with van der Waals surface area (Å²) in [6.07, 6.45) is 4.25. The number of carbonyl (C=O) groups excluding carboxylic acids is 2. The minimum Gasteiger partial charge on any atom is -0.361 e. The Labute approximate surface area is 161 Å². The van der Waals surface area contributed by atoms with Crippen LogP contribution in [-0.2, 0) is 13.0 Å². The lowest BCUT2D eigenvalue weighted by Crippen LogP contribution is -2.40. The Bertz CT molecular complexity index is 1020. The molecule has 27 heavy (non-hydrogen) atoms. The molecule has 7 nitrogen and oxygen atoms in total. The molecule has 2 amide bonds. The zero-order valence-electron chi connectivity index (χ0n) is 15.0. The van der Waals surface area contributed by atoms with Gasteiger partial charge in [-0.25, -0.2) is 4.98 Å². The van der Waals surface area contributed by atoms with E-state index in [4.69, 9.17) is 11.6 Å². The molecule has 0 bridgehead atoms. The van der Waals surface area contributed by atoms with Gasteiger partial charge in [0.05, 0.1) is 0 Å². The van der Waals surface area contributed by atoms with Gasteiger partial charge in [0, 0.05) is 54.5 Å². The lowest BCUT2D eigenvalue weighted by atomic mass is 10.1. The van der Waals surface area contributed by atoms with Crippen LogP contribution in [-0.4, -0.2) is 50.9 Å². The zero-order chi connectivity index (χ0) is 19.0. The van der Waals surface area contributed by atoms with E-state index in [9.17, 15) is 9.59 Å². The van der Waals surface area contributed by atoms with Crippen LogP contribution in [0.1, 0.15) is 33.6 Å². The molecule has 4 rings (SSSR count). The smallest absolute Gasteiger partial charge is 0.289 e. The van der Waals surface area contributed by atoms with Gasteiger partial charge in [-0.2, -0.15) is 0 Å². The molecule has 3 aromatic rings. The zero-order valence-corrected chi connectivity index (χ0v) is 15.7. The largest absolute Gasteiger partial charge is 0.361 e. The Morgan fingerprint density at radius 3 is 3.04 bits per heavy atom. The molecule has 0 fully saturated rings. The van der Waals surface area contributed by atoms with Crippen LogP contribution in [0.15, 0.2) is 30.6 Å². The van der Waals surface area contributed by atoms with Gasteiger partial charge in [-0.1, -0.05) is 11.6 Å². The van der Waals surface area contributed by atoms with Gasteiger partial charge in [0.2, 0.25) is 0 Å². The summed E-state index contributed by atoms with van der Waals surface area (Å²) in [5.74, 6) is -0.0661. The number of likely N-dealkylation sites (N-methyl/N-ethyl adjacent to an activating group) is 1.